The molecular weight excluding hydrogens is 316 g/mol. The van der Waals surface area contributed by atoms with Crippen LogP contribution in [0.3, 0.4) is 0 Å². The first-order chi connectivity index (χ1) is 9.86. The number of halogens is 1. The molecule has 2 N–H and O–H groups in total. The van der Waals surface area contributed by atoms with Crippen molar-refractivity contribution < 1.29 is 12.9 Å². The highest BCUT2D eigenvalue weighted by molar-refractivity contribution is 7.88. The van der Waals surface area contributed by atoms with Crippen LogP contribution in [0.2, 0.25) is 5.02 Å². The lowest BCUT2D eigenvalue weighted by Crippen LogP contribution is -2.48. The second-order valence-corrected chi connectivity index (χ2v) is 7.44. The summed E-state index contributed by atoms with van der Waals surface area (Å²) in [6.07, 6.45) is 1.22. The molecule has 0 saturated carbocycles. The van der Waals surface area contributed by atoms with E-state index in [9.17, 15) is 8.42 Å². The van der Waals surface area contributed by atoms with Gasteiger partial charge in [0, 0.05) is 31.2 Å². The van der Waals surface area contributed by atoms with Gasteiger partial charge in [0.15, 0.2) is 11.4 Å². The Morgan fingerprint density at radius 3 is 2.57 bits per heavy atom. The number of anilines is 2. The number of sulfonamides is 1. The molecule has 114 valence electrons. The van der Waals surface area contributed by atoms with E-state index in [1.54, 1.807) is 12.1 Å². The van der Waals surface area contributed by atoms with E-state index >= 15 is 0 Å². The first-order valence-electron chi connectivity index (χ1n) is 6.41. The van der Waals surface area contributed by atoms with Crippen molar-refractivity contribution in [2.24, 2.45) is 0 Å². The smallest absolute Gasteiger partial charge is 0.211 e. The summed E-state index contributed by atoms with van der Waals surface area (Å²) in [4.78, 5) is 2.03. The summed E-state index contributed by atoms with van der Waals surface area (Å²) in [7, 11) is -3.15. The minimum absolute atomic E-state index is 0.295. The number of fused-ring (bicyclic) bond motifs is 1. The molecule has 2 heterocycles. The highest BCUT2D eigenvalue weighted by Gasteiger charge is 2.25. The van der Waals surface area contributed by atoms with Crippen LogP contribution in [0.4, 0.5) is 11.5 Å². The number of aromatic nitrogens is 1. The molecule has 1 aromatic carbocycles. The van der Waals surface area contributed by atoms with Crippen LogP contribution in [-0.2, 0) is 10.0 Å². The van der Waals surface area contributed by atoms with Gasteiger partial charge in [-0.1, -0.05) is 16.8 Å². The average Bonchev–Trinajstić information content (AvgIpc) is 2.79. The van der Waals surface area contributed by atoms with Crippen molar-refractivity contribution in [3.8, 4) is 0 Å². The van der Waals surface area contributed by atoms with E-state index in [-0.39, 0.29) is 0 Å². The fraction of sp³-hybridized carbons (Fsp3) is 0.417. The van der Waals surface area contributed by atoms with Crippen molar-refractivity contribution in [1.82, 2.24) is 9.46 Å². The van der Waals surface area contributed by atoms with Gasteiger partial charge in [0.2, 0.25) is 10.0 Å². The zero-order valence-electron chi connectivity index (χ0n) is 11.4. The molecule has 0 unspecified atom stereocenters. The monoisotopic (exact) mass is 330 g/mol. The second-order valence-electron chi connectivity index (χ2n) is 5.02. The molecule has 1 fully saturated rings. The molecule has 21 heavy (non-hydrogen) atoms. The van der Waals surface area contributed by atoms with Gasteiger partial charge in [-0.25, -0.2) is 8.42 Å². The van der Waals surface area contributed by atoms with Gasteiger partial charge in [-0.15, -0.1) is 0 Å². The average molecular weight is 331 g/mol. The lowest BCUT2D eigenvalue weighted by Gasteiger charge is -2.34. The standard InChI is InChI=1S/C12H15ClN4O3S/c1-21(18,19)17-4-2-16(3-5-17)10-7-8(13)6-9-11(10)20-15-12(9)14/h6-7H,2-5H2,1H3,(H2,14,15). The topological polar surface area (TPSA) is 92.7 Å². The van der Waals surface area contributed by atoms with Gasteiger partial charge in [-0.3, -0.25) is 0 Å². The number of hydrogen-bond acceptors (Lipinski definition) is 6. The summed E-state index contributed by atoms with van der Waals surface area (Å²) in [6.45, 7) is 1.97. The predicted molar refractivity (Wildman–Crippen MR) is 82.1 cm³/mol. The Bertz CT molecular complexity index is 781. The van der Waals surface area contributed by atoms with E-state index in [0.717, 1.165) is 5.69 Å². The van der Waals surface area contributed by atoms with Crippen LogP contribution in [0, 0.1) is 0 Å². The van der Waals surface area contributed by atoms with Gasteiger partial charge in [-0.05, 0) is 12.1 Å². The largest absolute Gasteiger partial charge is 0.380 e. The molecule has 1 aliphatic rings. The summed E-state index contributed by atoms with van der Waals surface area (Å²) >= 11 is 6.12. The van der Waals surface area contributed by atoms with Crippen LogP contribution < -0.4 is 10.6 Å². The fourth-order valence-corrected chi connectivity index (χ4v) is 3.54. The van der Waals surface area contributed by atoms with Gasteiger partial charge in [0.05, 0.1) is 17.3 Å². The number of hydrogen-bond donors (Lipinski definition) is 1. The SMILES string of the molecule is CS(=O)(=O)N1CCN(c2cc(Cl)cc3c(N)noc23)CC1. The third-order valence-electron chi connectivity index (χ3n) is 3.59. The molecule has 0 radical (unpaired) electrons. The quantitative estimate of drug-likeness (QED) is 0.887. The Morgan fingerprint density at radius 2 is 1.95 bits per heavy atom. The molecule has 9 heteroatoms. The molecule has 0 bridgehead atoms. The molecule has 1 aliphatic heterocycles. The van der Waals surface area contributed by atoms with Crippen molar-refractivity contribution >= 4 is 44.1 Å². The maximum atomic E-state index is 11.5. The van der Waals surface area contributed by atoms with Crippen molar-refractivity contribution in [3.63, 3.8) is 0 Å². The second kappa shape index (κ2) is 5.04. The number of piperazine rings is 1. The van der Waals surface area contributed by atoms with Crippen LogP contribution in [0.25, 0.3) is 11.0 Å². The summed E-state index contributed by atoms with van der Waals surface area (Å²) in [5, 5.41) is 4.97. The summed E-state index contributed by atoms with van der Waals surface area (Å²) in [5.74, 6) is 0.295. The van der Waals surface area contributed by atoms with Crippen molar-refractivity contribution in [1.29, 1.82) is 0 Å². The number of nitrogens with zero attached hydrogens (tertiary/aromatic N) is 3. The van der Waals surface area contributed by atoms with Crippen LogP contribution in [0.15, 0.2) is 16.7 Å². The van der Waals surface area contributed by atoms with Crippen LogP contribution in [-0.4, -0.2) is 50.3 Å². The summed E-state index contributed by atoms with van der Waals surface area (Å²) < 4.78 is 29.8. The molecule has 1 saturated heterocycles. The normalized spacial score (nSPS) is 17.5. The zero-order chi connectivity index (χ0) is 15.2. The molecule has 0 spiro atoms. The van der Waals surface area contributed by atoms with E-state index in [0.29, 0.717) is 48.0 Å². The highest BCUT2D eigenvalue weighted by atomic mass is 35.5. The van der Waals surface area contributed by atoms with Crippen molar-refractivity contribution in [2.75, 3.05) is 43.1 Å². The molecule has 0 amide bonds. The summed E-state index contributed by atoms with van der Waals surface area (Å²) in [5.41, 5.74) is 7.11. The first kappa shape index (κ1) is 14.4. The Morgan fingerprint density at radius 1 is 1.29 bits per heavy atom. The van der Waals surface area contributed by atoms with E-state index < -0.39 is 10.0 Å². The van der Waals surface area contributed by atoms with Crippen LogP contribution in [0.1, 0.15) is 0 Å². The van der Waals surface area contributed by atoms with Crippen LogP contribution in [0.5, 0.6) is 0 Å². The van der Waals surface area contributed by atoms with Gasteiger partial charge < -0.3 is 15.2 Å². The molecule has 1 aromatic heterocycles. The lowest BCUT2D eigenvalue weighted by molar-refractivity contribution is 0.387. The molecule has 0 atom stereocenters. The third kappa shape index (κ3) is 2.66. The minimum Gasteiger partial charge on any atom is -0.380 e. The molecule has 2 aromatic rings. The lowest BCUT2D eigenvalue weighted by atomic mass is 10.2. The number of nitrogens with two attached hydrogens (primary N) is 1. The fourth-order valence-electron chi connectivity index (χ4n) is 2.50. The number of nitrogen functional groups attached to an aromatic ring is 1. The molecule has 0 aliphatic carbocycles. The van der Waals surface area contributed by atoms with E-state index in [4.69, 9.17) is 21.9 Å². The van der Waals surface area contributed by atoms with Crippen molar-refractivity contribution in [2.45, 2.75) is 0 Å². The van der Waals surface area contributed by atoms with Crippen LogP contribution >= 0.6 is 11.6 Å². The molecule has 7 nitrogen and oxygen atoms in total. The van der Waals surface area contributed by atoms with Gasteiger partial charge >= 0.3 is 0 Å². The van der Waals surface area contributed by atoms with Gasteiger partial charge in [-0.2, -0.15) is 4.31 Å². The molecular formula is C12H15ClN4O3S. The van der Waals surface area contributed by atoms with E-state index in [1.165, 1.54) is 10.6 Å². The Hall–Kier alpha value is -1.51. The minimum atomic E-state index is -3.15. The Balaban J connectivity index is 1.92. The number of rotatable bonds is 2. The highest BCUT2D eigenvalue weighted by Crippen LogP contribution is 2.34. The van der Waals surface area contributed by atoms with Gasteiger partial charge in [0.25, 0.3) is 0 Å². The first-order valence-corrected chi connectivity index (χ1v) is 8.63. The molecule has 3 rings (SSSR count). The summed E-state index contributed by atoms with van der Waals surface area (Å²) in [6, 6.07) is 3.49. The predicted octanol–water partition coefficient (Wildman–Crippen LogP) is 1.14. The Labute approximate surface area is 127 Å². The third-order valence-corrected chi connectivity index (χ3v) is 5.12. The van der Waals surface area contributed by atoms with Gasteiger partial charge in [0.1, 0.15) is 0 Å². The Kier molecular flexibility index (Phi) is 3.46. The maximum Gasteiger partial charge on any atom is 0.211 e. The van der Waals surface area contributed by atoms with E-state index in [1.807, 2.05) is 4.90 Å². The van der Waals surface area contributed by atoms with Crippen molar-refractivity contribution in [3.05, 3.63) is 17.2 Å². The zero-order valence-corrected chi connectivity index (χ0v) is 13.0. The number of benzene rings is 1. The maximum absolute atomic E-state index is 11.5. The van der Waals surface area contributed by atoms with E-state index in [2.05, 4.69) is 5.16 Å².